The summed E-state index contributed by atoms with van der Waals surface area (Å²) >= 11 is 11.0. The molecular weight excluding hydrogens is 211 g/mol. The number of rotatable bonds is 3. The van der Waals surface area contributed by atoms with E-state index in [4.69, 9.17) is 27.9 Å². The first-order chi connectivity index (χ1) is 6.19. The van der Waals surface area contributed by atoms with Gasteiger partial charge in [0.25, 0.3) is 5.24 Å². The molecule has 13 heavy (non-hydrogen) atoms. The Kier molecular flexibility index (Phi) is 3.58. The molecule has 0 aliphatic carbocycles. The number of hydrogen-bond donors (Lipinski definition) is 0. The molecule has 0 bridgehead atoms. The second-order valence-electron chi connectivity index (χ2n) is 2.43. The largest absolute Gasteiger partial charge is 0.496 e. The van der Waals surface area contributed by atoms with Gasteiger partial charge in [-0.25, -0.2) is 0 Å². The van der Waals surface area contributed by atoms with Gasteiger partial charge in [-0.3, -0.25) is 4.79 Å². The third-order valence-corrected chi connectivity index (χ3v) is 2.16. The van der Waals surface area contributed by atoms with E-state index in [1.807, 2.05) is 0 Å². The molecule has 1 aromatic carbocycles. The molecule has 0 saturated heterocycles. The van der Waals surface area contributed by atoms with Gasteiger partial charge in [-0.05, 0) is 29.8 Å². The number of methoxy groups -OCH3 is 1. The Bertz CT molecular complexity index is 323. The van der Waals surface area contributed by atoms with Crippen molar-refractivity contribution in [3.05, 3.63) is 29.3 Å². The molecule has 0 spiro atoms. The van der Waals surface area contributed by atoms with Crippen LogP contribution in [-0.4, -0.2) is 12.4 Å². The minimum absolute atomic E-state index is 0.293. The van der Waals surface area contributed by atoms with Crippen molar-refractivity contribution in [2.75, 3.05) is 7.11 Å². The van der Waals surface area contributed by atoms with Crippen LogP contribution in [0, 0.1) is 0 Å². The molecule has 0 aromatic heterocycles. The molecule has 0 saturated carbocycles. The van der Waals surface area contributed by atoms with Crippen LogP contribution in [0.4, 0.5) is 0 Å². The average Bonchev–Trinajstić information content (AvgIpc) is 2.16. The third kappa shape index (κ3) is 2.36. The van der Waals surface area contributed by atoms with Gasteiger partial charge in [-0.15, -0.1) is 11.6 Å². The summed E-state index contributed by atoms with van der Waals surface area (Å²) in [6.45, 7) is 0. The first-order valence-corrected chi connectivity index (χ1v) is 4.53. The Morgan fingerprint density at radius 1 is 1.54 bits per heavy atom. The van der Waals surface area contributed by atoms with Gasteiger partial charge in [0, 0.05) is 11.1 Å². The third-order valence-electron chi connectivity index (χ3n) is 1.65. The molecule has 1 rings (SSSR count). The summed E-state index contributed by atoms with van der Waals surface area (Å²) in [6, 6.07) is 4.90. The minimum atomic E-state index is -0.492. The summed E-state index contributed by atoms with van der Waals surface area (Å²) in [7, 11) is 1.55. The fourth-order valence-electron chi connectivity index (χ4n) is 1.01. The van der Waals surface area contributed by atoms with Crippen LogP contribution in [0.3, 0.4) is 0 Å². The molecule has 0 aliphatic heterocycles. The monoisotopic (exact) mass is 218 g/mol. The van der Waals surface area contributed by atoms with Crippen LogP contribution in [-0.2, 0) is 5.88 Å². The summed E-state index contributed by atoms with van der Waals surface area (Å²) in [5.74, 6) is 0.956. The van der Waals surface area contributed by atoms with Gasteiger partial charge in [-0.1, -0.05) is 0 Å². The van der Waals surface area contributed by atoms with E-state index in [1.165, 1.54) is 0 Å². The van der Waals surface area contributed by atoms with Gasteiger partial charge in [0.2, 0.25) is 0 Å². The molecule has 0 atom stereocenters. The van der Waals surface area contributed by atoms with Crippen molar-refractivity contribution in [2.24, 2.45) is 0 Å². The summed E-state index contributed by atoms with van der Waals surface area (Å²) in [5, 5.41) is -0.492. The predicted molar refractivity (Wildman–Crippen MR) is 52.7 cm³/mol. The Morgan fingerprint density at radius 3 is 2.69 bits per heavy atom. The lowest BCUT2D eigenvalue weighted by molar-refractivity contribution is 0.108. The Hall–Kier alpha value is -0.730. The van der Waals surface area contributed by atoms with Crippen LogP contribution in [0.1, 0.15) is 15.9 Å². The summed E-state index contributed by atoms with van der Waals surface area (Å²) in [4.78, 5) is 10.8. The number of carbonyl (C=O) groups is 1. The molecule has 0 unspecified atom stereocenters. The molecule has 0 aliphatic rings. The van der Waals surface area contributed by atoms with E-state index >= 15 is 0 Å². The smallest absolute Gasteiger partial charge is 0.252 e. The lowest BCUT2D eigenvalue weighted by Gasteiger charge is -2.05. The van der Waals surface area contributed by atoms with Crippen molar-refractivity contribution in [3.8, 4) is 5.75 Å². The lowest BCUT2D eigenvalue weighted by atomic mass is 10.1. The van der Waals surface area contributed by atoms with E-state index in [0.29, 0.717) is 17.2 Å². The van der Waals surface area contributed by atoms with Crippen molar-refractivity contribution >= 4 is 28.4 Å². The van der Waals surface area contributed by atoms with Crippen LogP contribution in [0.2, 0.25) is 0 Å². The van der Waals surface area contributed by atoms with Crippen molar-refractivity contribution in [1.29, 1.82) is 0 Å². The lowest BCUT2D eigenvalue weighted by Crippen LogP contribution is -1.94. The Morgan fingerprint density at radius 2 is 2.23 bits per heavy atom. The van der Waals surface area contributed by atoms with Crippen molar-refractivity contribution < 1.29 is 9.53 Å². The zero-order valence-corrected chi connectivity index (χ0v) is 8.52. The highest BCUT2D eigenvalue weighted by atomic mass is 35.5. The standard InChI is InChI=1S/C9H8Cl2O2/c1-13-8-3-2-6(9(11)12)4-7(8)5-10/h2-4H,5H2,1H3. The summed E-state index contributed by atoms with van der Waals surface area (Å²) in [5.41, 5.74) is 1.19. The molecule has 1 aromatic rings. The fourth-order valence-corrected chi connectivity index (χ4v) is 1.33. The number of ether oxygens (including phenoxy) is 1. The Balaban J connectivity index is 3.13. The van der Waals surface area contributed by atoms with Crippen LogP contribution < -0.4 is 4.74 Å². The highest BCUT2D eigenvalue weighted by molar-refractivity contribution is 6.67. The van der Waals surface area contributed by atoms with Crippen LogP contribution in [0.25, 0.3) is 0 Å². The maximum atomic E-state index is 10.8. The second-order valence-corrected chi connectivity index (χ2v) is 3.04. The van der Waals surface area contributed by atoms with E-state index in [1.54, 1.807) is 25.3 Å². The van der Waals surface area contributed by atoms with Crippen LogP contribution in [0.15, 0.2) is 18.2 Å². The molecule has 4 heteroatoms. The van der Waals surface area contributed by atoms with E-state index in [0.717, 1.165) is 5.56 Å². The SMILES string of the molecule is COc1ccc(C(=O)Cl)cc1CCl. The molecule has 0 radical (unpaired) electrons. The van der Waals surface area contributed by atoms with Crippen LogP contribution >= 0.6 is 23.2 Å². The zero-order valence-electron chi connectivity index (χ0n) is 7.01. The highest BCUT2D eigenvalue weighted by Crippen LogP contribution is 2.22. The zero-order chi connectivity index (χ0) is 9.84. The van der Waals surface area contributed by atoms with Gasteiger partial charge in [0.05, 0.1) is 13.0 Å². The first-order valence-electron chi connectivity index (χ1n) is 3.61. The number of alkyl halides is 1. The summed E-state index contributed by atoms with van der Waals surface area (Å²) < 4.78 is 5.03. The number of carbonyl (C=O) groups excluding carboxylic acids is 1. The maximum Gasteiger partial charge on any atom is 0.252 e. The average molecular weight is 219 g/mol. The molecular formula is C9H8Cl2O2. The Labute approximate surface area is 86.4 Å². The van der Waals surface area contributed by atoms with E-state index in [9.17, 15) is 4.79 Å². The number of halogens is 2. The first kappa shape index (κ1) is 10.4. The number of hydrogen-bond acceptors (Lipinski definition) is 2. The highest BCUT2D eigenvalue weighted by Gasteiger charge is 2.06. The van der Waals surface area contributed by atoms with Crippen molar-refractivity contribution in [1.82, 2.24) is 0 Å². The normalized spacial score (nSPS) is 9.77. The van der Waals surface area contributed by atoms with Gasteiger partial charge in [-0.2, -0.15) is 0 Å². The molecule has 0 fully saturated rings. The maximum absolute atomic E-state index is 10.8. The molecule has 0 heterocycles. The number of benzene rings is 1. The fraction of sp³-hybridized carbons (Fsp3) is 0.222. The molecule has 0 N–H and O–H groups in total. The predicted octanol–water partition coefficient (Wildman–Crippen LogP) is 2.81. The van der Waals surface area contributed by atoms with Gasteiger partial charge >= 0.3 is 0 Å². The quantitative estimate of drug-likeness (QED) is 0.577. The molecule has 0 amide bonds. The van der Waals surface area contributed by atoms with E-state index in [-0.39, 0.29) is 0 Å². The summed E-state index contributed by atoms with van der Waals surface area (Å²) in [6.07, 6.45) is 0. The van der Waals surface area contributed by atoms with Gasteiger partial charge in [0.1, 0.15) is 5.75 Å². The van der Waals surface area contributed by atoms with E-state index in [2.05, 4.69) is 0 Å². The van der Waals surface area contributed by atoms with Crippen molar-refractivity contribution in [3.63, 3.8) is 0 Å². The second kappa shape index (κ2) is 4.49. The van der Waals surface area contributed by atoms with Crippen LogP contribution in [0.5, 0.6) is 5.75 Å². The van der Waals surface area contributed by atoms with Gasteiger partial charge in [0.15, 0.2) is 0 Å². The van der Waals surface area contributed by atoms with E-state index < -0.39 is 5.24 Å². The topological polar surface area (TPSA) is 26.3 Å². The molecule has 2 nitrogen and oxygen atoms in total. The van der Waals surface area contributed by atoms with Gasteiger partial charge < -0.3 is 4.74 Å². The minimum Gasteiger partial charge on any atom is -0.496 e. The molecule has 70 valence electrons. The van der Waals surface area contributed by atoms with Crippen molar-refractivity contribution in [2.45, 2.75) is 5.88 Å².